The summed E-state index contributed by atoms with van der Waals surface area (Å²) in [5.74, 6) is 1.10. The Hall–Kier alpha value is -3.68. The molecule has 31 heavy (non-hydrogen) atoms. The van der Waals surface area contributed by atoms with E-state index in [0.29, 0.717) is 23.8 Å². The Morgan fingerprint density at radius 2 is 1.94 bits per heavy atom. The van der Waals surface area contributed by atoms with E-state index in [1.807, 2.05) is 62.4 Å². The standard InChI is InChI=1S/C23H26N6O2/c1-4-5-14-31-18-12-10-17(11-13-18)21-20(16(3)24-23-26-27-28-29(21)23)22(30)25-19-9-7-6-8-15(19)2/h6-13,21H,4-5,14H2,1-3H3,(H,25,30)(H,24,26,28). The number of fused-ring (bicyclic) bond motifs is 1. The van der Waals surface area contributed by atoms with Crippen molar-refractivity contribution in [3.05, 3.63) is 70.9 Å². The maximum absolute atomic E-state index is 13.4. The Morgan fingerprint density at radius 1 is 1.16 bits per heavy atom. The maximum atomic E-state index is 13.4. The van der Waals surface area contributed by atoms with Crippen molar-refractivity contribution in [3.8, 4) is 5.75 Å². The Bertz CT molecular complexity index is 1100. The number of aryl methyl sites for hydroxylation is 1. The molecule has 0 saturated heterocycles. The maximum Gasteiger partial charge on any atom is 0.255 e. The van der Waals surface area contributed by atoms with Gasteiger partial charge in [0.2, 0.25) is 5.95 Å². The molecule has 1 aliphatic rings. The number of aromatic nitrogens is 4. The molecular formula is C23H26N6O2. The average Bonchev–Trinajstić information content (AvgIpc) is 3.23. The van der Waals surface area contributed by atoms with Gasteiger partial charge in [0.1, 0.15) is 11.8 Å². The number of benzene rings is 2. The van der Waals surface area contributed by atoms with Gasteiger partial charge in [0, 0.05) is 11.4 Å². The molecule has 8 heteroatoms. The molecule has 0 aliphatic carbocycles. The molecule has 4 rings (SSSR count). The molecule has 0 spiro atoms. The van der Waals surface area contributed by atoms with Gasteiger partial charge in [-0.25, -0.2) is 0 Å². The second-order valence-corrected chi connectivity index (χ2v) is 7.55. The first-order valence-electron chi connectivity index (χ1n) is 10.4. The first-order valence-corrected chi connectivity index (χ1v) is 10.4. The molecule has 0 saturated carbocycles. The highest BCUT2D eigenvalue weighted by Crippen LogP contribution is 2.35. The van der Waals surface area contributed by atoms with Gasteiger partial charge in [-0.1, -0.05) is 48.8 Å². The molecule has 160 valence electrons. The number of allylic oxidation sites excluding steroid dienone is 1. The van der Waals surface area contributed by atoms with Crippen molar-refractivity contribution in [1.29, 1.82) is 0 Å². The number of carbonyl (C=O) groups is 1. The van der Waals surface area contributed by atoms with E-state index in [1.165, 1.54) is 0 Å². The lowest BCUT2D eigenvalue weighted by atomic mass is 9.95. The van der Waals surface area contributed by atoms with Crippen LogP contribution in [0.3, 0.4) is 0 Å². The normalized spacial score (nSPS) is 15.3. The van der Waals surface area contributed by atoms with Crippen LogP contribution in [0.15, 0.2) is 59.8 Å². The molecule has 1 atom stereocenters. The van der Waals surface area contributed by atoms with Gasteiger partial charge in [0.25, 0.3) is 5.91 Å². The Morgan fingerprint density at radius 3 is 2.68 bits per heavy atom. The second-order valence-electron chi connectivity index (χ2n) is 7.55. The molecule has 2 N–H and O–H groups in total. The van der Waals surface area contributed by atoms with Crippen LogP contribution in [-0.4, -0.2) is 32.7 Å². The molecule has 0 radical (unpaired) electrons. The van der Waals surface area contributed by atoms with Gasteiger partial charge in [-0.2, -0.15) is 4.68 Å². The molecule has 8 nitrogen and oxygen atoms in total. The third kappa shape index (κ3) is 4.28. The number of ether oxygens (including phenoxy) is 1. The lowest BCUT2D eigenvalue weighted by Crippen LogP contribution is -2.31. The van der Waals surface area contributed by atoms with Crippen LogP contribution >= 0.6 is 0 Å². The molecule has 1 amide bonds. The summed E-state index contributed by atoms with van der Waals surface area (Å²) in [5.41, 5.74) is 3.93. The van der Waals surface area contributed by atoms with Gasteiger partial charge in [-0.3, -0.25) is 4.79 Å². The summed E-state index contributed by atoms with van der Waals surface area (Å²) in [6, 6.07) is 15.0. The van der Waals surface area contributed by atoms with E-state index in [-0.39, 0.29) is 5.91 Å². The summed E-state index contributed by atoms with van der Waals surface area (Å²) < 4.78 is 7.41. The molecule has 0 fully saturated rings. The minimum atomic E-state index is -0.458. The summed E-state index contributed by atoms with van der Waals surface area (Å²) in [6.45, 7) is 6.64. The second kappa shape index (κ2) is 8.99. The van der Waals surface area contributed by atoms with Gasteiger partial charge in [-0.05, 0) is 60.0 Å². The van der Waals surface area contributed by atoms with Gasteiger partial charge >= 0.3 is 0 Å². The zero-order valence-electron chi connectivity index (χ0n) is 17.9. The number of para-hydroxylation sites is 1. The highest BCUT2D eigenvalue weighted by molar-refractivity contribution is 6.06. The fourth-order valence-corrected chi connectivity index (χ4v) is 3.60. The van der Waals surface area contributed by atoms with Crippen LogP contribution in [0.2, 0.25) is 0 Å². The van der Waals surface area contributed by atoms with Gasteiger partial charge in [-0.15, -0.1) is 0 Å². The van der Waals surface area contributed by atoms with Gasteiger partial charge in [0.15, 0.2) is 0 Å². The van der Waals surface area contributed by atoms with E-state index in [2.05, 4.69) is 33.1 Å². The molecular weight excluding hydrogens is 392 g/mol. The van der Waals surface area contributed by atoms with Crippen molar-refractivity contribution in [1.82, 2.24) is 20.2 Å². The molecule has 3 aromatic rings. The van der Waals surface area contributed by atoms with Crippen molar-refractivity contribution in [3.63, 3.8) is 0 Å². The van der Waals surface area contributed by atoms with Crippen LogP contribution in [0.25, 0.3) is 0 Å². The van der Waals surface area contributed by atoms with Crippen molar-refractivity contribution in [2.75, 3.05) is 17.2 Å². The van der Waals surface area contributed by atoms with Crippen molar-refractivity contribution >= 4 is 17.5 Å². The number of rotatable bonds is 7. The lowest BCUT2D eigenvalue weighted by Gasteiger charge is -2.28. The Labute approximate surface area is 181 Å². The third-order valence-electron chi connectivity index (χ3n) is 5.31. The predicted molar refractivity (Wildman–Crippen MR) is 119 cm³/mol. The summed E-state index contributed by atoms with van der Waals surface area (Å²) in [6.07, 6.45) is 2.09. The predicted octanol–water partition coefficient (Wildman–Crippen LogP) is 4.09. The first-order chi connectivity index (χ1) is 15.1. The fourth-order valence-electron chi connectivity index (χ4n) is 3.60. The highest BCUT2D eigenvalue weighted by atomic mass is 16.5. The summed E-state index contributed by atoms with van der Waals surface area (Å²) in [5, 5.41) is 18.1. The fraction of sp³-hybridized carbons (Fsp3) is 0.304. The Balaban J connectivity index is 1.66. The zero-order valence-corrected chi connectivity index (χ0v) is 17.9. The van der Waals surface area contributed by atoms with Gasteiger partial charge < -0.3 is 15.4 Å². The summed E-state index contributed by atoms with van der Waals surface area (Å²) in [7, 11) is 0. The minimum Gasteiger partial charge on any atom is -0.494 e. The van der Waals surface area contributed by atoms with Crippen LogP contribution < -0.4 is 15.4 Å². The van der Waals surface area contributed by atoms with Crippen molar-refractivity contribution in [2.24, 2.45) is 0 Å². The Kier molecular flexibility index (Phi) is 5.97. The van der Waals surface area contributed by atoms with E-state index in [4.69, 9.17) is 4.74 Å². The zero-order chi connectivity index (χ0) is 21.8. The smallest absolute Gasteiger partial charge is 0.255 e. The minimum absolute atomic E-state index is 0.200. The number of hydrogen-bond donors (Lipinski definition) is 2. The van der Waals surface area contributed by atoms with Crippen molar-refractivity contribution < 1.29 is 9.53 Å². The van der Waals surface area contributed by atoms with Crippen molar-refractivity contribution in [2.45, 2.75) is 39.7 Å². The summed E-state index contributed by atoms with van der Waals surface area (Å²) in [4.78, 5) is 13.4. The monoisotopic (exact) mass is 418 g/mol. The van der Waals surface area contributed by atoms with E-state index in [9.17, 15) is 4.79 Å². The molecule has 1 aromatic heterocycles. The quantitative estimate of drug-likeness (QED) is 0.562. The topological polar surface area (TPSA) is 94.0 Å². The SMILES string of the molecule is CCCCOc1ccc(C2C(C(=O)Nc3ccccc3C)=C(C)Nc3nnnn32)cc1. The number of amides is 1. The van der Waals surface area contributed by atoms with E-state index in [0.717, 1.165) is 35.4 Å². The number of nitrogens with one attached hydrogen (secondary N) is 2. The lowest BCUT2D eigenvalue weighted by molar-refractivity contribution is -0.113. The van der Waals surface area contributed by atoms with Crippen LogP contribution in [0.1, 0.15) is 43.9 Å². The van der Waals surface area contributed by atoms with Crippen LogP contribution in [0.4, 0.5) is 11.6 Å². The van der Waals surface area contributed by atoms with Crippen LogP contribution in [-0.2, 0) is 4.79 Å². The third-order valence-corrected chi connectivity index (χ3v) is 5.31. The molecule has 2 aromatic carbocycles. The van der Waals surface area contributed by atoms with E-state index in [1.54, 1.807) is 4.68 Å². The number of tetrazole rings is 1. The molecule has 0 bridgehead atoms. The first kappa shape index (κ1) is 20.6. The average molecular weight is 419 g/mol. The number of nitrogens with zero attached hydrogens (tertiary/aromatic N) is 4. The van der Waals surface area contributed by atoms with Crippen LogP contribution in [0, 0.1) is 6.92 Å². The number of carbonyl (C=O) groups excluding carboxylic acids is 1. The largest absolute Gasteiger partial charge is 0.494 e. The van der Waals surface area contributed by atoms with Gasteiger partial charge in [0.05, 0.1) is 12.2 Å². The number of hydrogen-bond acceptors (Lipinski definition) is 6. The van der Waals surface area contributed by atoms with E-state index >= 15 is 0 Å². The number of anilines is 2. The molecule has 2 heterocycles. The van der Waals surface area contributed by atoms with Crippen LogP contribution in [0.5, 0.6) is 5.75 Å². The molecule has 1 unspecified atom stereocenters. The summed E-state index contributed by atoms with van der Waals surface area (Å²) >= 11 is 0. The van der Waals surface area contributed by atoms with E-state index < -0.39 is 6.04 Å². The molecule has 1 aliphatic heterocycles. The highest BCUT2D eigenvalue weighted by Gasteiger charge is 2.34. The number of unbranched alkanes of at least 4 members (excludes halogenated alkanes) is 1.